The first-order chi connectivity index (χ1) is 15.8. The standard InChI is InChI=1S/C24H16BrN3O5/c1-15-2-9-20(28(31)32)13-22(15)27-23(29)18(14-26)12-16-3-10-21(11-4-16)33-24(30)17-5-7-19(25)8-6-17/h2-13H,1H3,(H,27,29)/b18-12+. The van der Waals surface area contributed by atoms with E-state index in [0.717, 1.165) is 4.47 Å². The predicted octanol–water partition coefficient (Wildman–Crippen LogP) is 5.43. The molecule has 0 unspecified atom stereocenters. The molecule has 0 radical (unpaired) electrons. The van der Waals surface area contributed by atoms with Crippen molar-refractivity contribution in [1.82, 2.24) is 0 Å². The molecule has 164 valence electrons. The summed E-state index contributed by atoms with van der Waals surface area (Å²) in [6, 6.07) is 18.9. The predicted molar refractivity (Wildman–Crippen MR) is 126 cm³/mol. The van der Waals surface area contributed by atoms with Crippen molar-refractivity contribution in [3.63, 3.8) is 0 Å². The Morgan fingerprint density at radius 1 is 1.09 bits per heavy atom. The van der Waals surface area contributed by atoms with Gasteiger partial charge in [-0.3, -0.25) is 14.9 Å². The molecule has 0 saturated heterocycles. The molecule has 3 aromatic carbocycles. The number of nitro groups is 1. The number of halogens is 1. The number of benzene rings is 3. The number of non-ortho nitro benzene ring substituents is 1. The zero-order chi connectivity index (χ0) is 24.0. The molecule has 0 heterocycles. The Hall–Kier alpha value is -4.29. The maximum atomic E-state index is 12.5. The molecule has 0 spiro atoms. The van der Waals surface area contributed by atoms with E-state index in [1.807, 2.05) is 6.07 Å². The van der Waals surface area contributed by atoms with Gasteiger partial charge >= 0.3 is 5.97 Å². The normalized spacial score (nSPS) is 10.8. The van der Waals surface area contributed by atoms with Gasteiger partial charge in [0.15, 0.2) is 0 Å². The lowest BCUT2D eigenvalue weighted by Crippen LogP contribution is -2.14. The number of carbonyl (C=O) groups excluding carboxylic acids is 2. The number of nitriles is 1. The van der Waals surface area contributed by atoms with Crippen LogP contribution in [-0.4, -0.2) is 16.8 Å². The van der Waals surface area contributed by atoms with Crippen LogP contribution in [0.5, 0.6) is 5.75 Å². The second kappa shape index (κ2) is 10.3. The van der Waals surface area contributed by atoms with Gasteiger partial charge in [0.2, 0.25) is 0 Å². The van der Waals surface area contributed by atoms with E-state index in [1.54, 1.807) is 55.5 Å². The molecular weight excluding hydrogens is 490 g/mol. The minimum Gasteiger partial charge on any atom is -0.423 e. The van der Waals surface area contributed by atoms with Crippen LogP contribution in [0.1, 0.15) is 21.5 Å². The Bertz CT molecular complexity index is 1290. The van der Waals surface area contributed by atoms with Crippen molar-refractivity contribution < 1.29 is 19.2 Å². The molecule has 9 heteroatoms. The molecule has 0 atom stereocenters. The van der Waals surface area contributed by atoms with Crippen LogP contribution in [0.2, 0.25) is 0 Å². The molecule has 0 aliphatic rings. The molecule has 1 N–H and O–H groups in total. The van der Waals surface area contributed by atoms with Crippen LogP contribution < -0.4 is 10.1 Å². The lowest BCUT2D eigenvalue weighted by atomic mass is 10.1. The molecule has 1 amide bonds. The van der Waals surface area contributed by atoms with Crippen LogP contribution in [0, 0.1) is 28.4 Å². The fourth-order valence-corrected chi connectivity index (χ4v) is 3.01. The minimum atomic E-state index is -0.702. The van der Waals surface area contributed by atoms with E-state index < -0.39 is 16.8 Å². The third-order valence-electron chi connectivity index (χ3n) is 4.53. The van der Waals surface area contributed by atoms with Crippen molar-refractivity contribution in [3.8, 4) is 11.8 Å². The molecule has 0 bridgehead atoms. The van der Waals surface area contributed by atoms with Crippen LogP contribution >= 0.6 is 15.9 Å². The number of ether oxygens (including phenoxy) is 1. The monoisotopic (exact) mass is 505 g/mol. The molecule has 0 aromatic heterocycles. The SMILES string of the molecule is Cc1ccc([N+](=O)[O-])cc1NC(=O)/C(C#N)=C/c1ccc(OC(=O)c2ccc(Br)cc2)cc1. The number of esters is 1. The van der Waals surface area contributed by atoms with Crippen molar-refractivity contribution in [1.29, 1.82) is 5.26 Å². The average molecular weight is 506 g/mol. The maximum absolute atomic E-state index is 12.5. The Morgan fingerprint density at radius 3 is 2.36 bits per heavy atom. The van der Waals surface area contributed by atoms with Crippen molar-refractivity contribution in [3.05, 3.63) is 104 Å². The summed E-state index contributed by atoms with van der Waals surface area (Å²) in [7, 11) is 0. The fraction of sp³-hybridized carbons (Fsp3) is 0.0417. The van der Waals surface area contributed by atoms with Crippen molar-refractivity contribution >= 4 is 45.3 Å². The summed E-state index contributed by atoms with van der Waals surface area (Å²) in [5.74, 6) is -0.919. The highest BCUT2D eigenvalue weighted by molar-refractivity contribution is 9.10. The molecule has 0 aliphatic heterocycles. The maximum Gasteiger partial charge on any atom is 0.343 e. The zero-order valence-corrected chi connectivity index (χ0v) is 18.8. The first-order valence-electron chi connectivity index (χ1n) is 9.53. The van der Waals surface area contributed by atoms with Crippen LogP contribution in [-0.2, 0) is 4.79 Å². The van der Waals surface area contributed by atoms with Gasteiger partial charge < -0.3 is 10.1 Å². The highest BCUT2D eigenvalue weighted by Crippen LogP contribution is 2.23. The summed E-state index contributed by atoms with van der Waals surface area (Å²) < 4.78 is 6.16. The number of carbonyl (C=O) groups is 2. The van der Waals surface area contributed by atoms with Crippen molar-refractivity contribution in [2.24, 2.45) is 0 Å². The summed E-state index contributed by atoms with van der Waals surface area (Å²) in [6.07, 6.45) is 1.36. The van der Waals surface area contributed by atoms with Gasteiger partial charge in [-0.2, -0.15) is 5.26 Å². The molecule has 0 saturated carbocycles. The van der Waals surface area contributed by atoms with E-state index in [-0.39, 0.29) is 16.9 Å². The summed E-state index contributed by atoms with van der Waals surface area (Å²) >= 11 is 3.30. The summed E-state index contributed by atoms with van der Waals surface area (Å²) in [5, 5.41) is 22.9. The molecule has 3 rings (SSSR count). The number of nitro benzene ring substituents is 1. The molecular formula is C24H16BrN3O5. The second-order valence-corrected chi connectivity index (χ2v) is 7.76. The third-order valence-corrected chi connectivity index (χ3v) is 5.06. The fourth-order valence-electron chi connectivity index (χ4n) is 2.75. The number of aryl methyl sites for hydroxylation is 1. The number of anilines is 1. The van der Waals surface area contributed by atoms with Crippen molar-refractivity contribution in [2.75, 3.05) is 5.32 Å². The summed E-state index contributed by atoms with van der Waals surface area (Å²) in [4.78, 5) is 35.1. The molecule has 0 aliphatic carbocycles. The van der Waals surface area contributed by atoms with E-state index in [1.165, 1.54) is 24.3 Å². The van der Waals surface area contributed by atoms with E-state index in [2.05, 4.69) is 21.2 Å². The van der Waals surface area contributed by atoms with Gasteiger partial charge in [0, 0.05) is 16.6 Å². The summed E-state index contributed by atoms with van der Waals surface area (Å²) in [6.45, 7) is 1.68. The molecule has 0 fully saturated rings. The van der Waals surface area contributed by atoms with E-state index >= 15 is 0 Å². The number of hydrogen-bond donors (Lipinski definition) is 1. The number of rotatable bonds is 6. The lowest BCUT2D eigenvalue weighted by Gasteiger charge is -2.08. The van der Waals surface area contributed by atoms with Crippen LogP contribution in [0.25, 0.3) is 6.08 Å². The second-order valence-electron chi connectivity index (χ2n) is 6.85. The van der Waals surface area contributed by atoms with Gasteiger partial charge in [0.1, 0.15) is 17.4 Å². The van der Waals surface area contributed by atoms with Gasteiger partial charge in [0.05, 0.1) is 16.2 Å². The van der Waals surface area contributed by atoms with Crippen LogP contribution in [0.4, 0.5) is 11.4 Å². The highest BCUT2D eigenvalue weighted by atomic mass is 79.9. The first kappa shape index (κ1) is 23.4. The van der Waals surface area contributed by atoms with Crippen LogP contribution in [0.3, 0.4) is 0 Å². The van der Waals surface area contributed by atoms with Gasteiger partial charge in [-0.25, -0.2) is 4.79 Å². The lowest BCUT2D eigenvalue weighted by molar-refractivity contribution is -0.384. The number of hydrogen-bond acceptors (Lipinski definition) is 6. The van der Waals surface area contributed by atoms with E-state index in [4.69, 9.17) is 4.74 Å². The zero-order valence-electron chi connectivity index (χ0n) is 17.2. The van der Waals surface area contributed by atoms with Gasteiger partial charge in [-0.05, 0) is 60.5 Å². The average Bonchev–Trinajstić information content (AvgIpc) is 2.80. The smallest absolute Gasteiger partial charge is 0.343 e. The van der Waals surface area contributed by atoms with E-state index in [0.29, 0.717) is 22.4 Å². The highest BCUT2D eigenvalue weighted by Gasteiger charge is 2.14. The van der Waals surface area contributed by atoms with Gasteiger partial charge in [-0.1, -0.05) is 34.1 Å². The Balaban J connectivity index is 1.72. The van der Waals surface area contributed by atoms with Crippen molar-refractivity contribution in [2.45, 2.75) is 6.92 Å². The number of nitrogens with one attached hydrogen (secondary N) is 1. The first-order valence-corrected chi connectivity index (χ1v) is 10.3. The number of amides is 1. The van der Waals surface area contributed by atoms with Crippen LogP contribution in [0.15, 0.2) is 76.8 Å². The Labute approximate surface area is 197 Å². The minimum absolute atomic E-state index is 0.174. The quantitative estimate of drug-likeness (QED) is 0.119. The largest absolute Gasteiger partial charge is 0.423 e. The summed E-state index contributed by atoms with van der Waals surface area (Å²) in [5.41, 5.74) is 1.41. The van der Waals surface area contributed by atoms with Gasteiger partial charge in [0.25, 0.3) is 11.6 Å². The Kier molecular flexibility index (Phi) is 7.33. The van der Waals surface area contributed by atoms with Gasteiger partial charge in [-0.15, -0.1) is 0 Å². The number of nitrogens with zero attached hydrogens (tertiary/aromatic N) is 2. The topological polar surface area (TPSA) is 122 Å². The van der Waals surface area contributed by atoms with E-state index in [9.17, 15) is 25.0 Å². The third kappa shape index (κ3) is 6.12. The molecule has 33 heavy (non-hydrogen) atoms. The Morgan fingerprint density at radius 2 is 1.76 bits per heavy atom. The molecule has 3 aromatic rings. The molecule has 8 nitrogen and oxygen atoms in total.